The van der Waals surface area contributed by atoms with E-state index < -0.39 is 0 Å². The zero-order valence-electron chi connectivity index (χ0n) is 16.5. The van der Waals surface area contributed by atoms with Gasteiger partial charge in [0.25, 0.3) is 0 Å². The van der Waals surface area contributed by atoms with Crippen LogP contribution in [0.15, 0.2) is 60.9 Å². The number of benzene rings is 1. The van der Waals surface area contributed by atoms with Crippen molar-refractivity contribution in [3.8, 4) is 11.3 Å². The van der Waals surface area contributed by atoms with Crippen LogP contribution in [0, 0.1) is 0 Å². The number of likely N-dealkylation sites (N-methyl/N-ethyl adjacent to an activating group) is 1. The van der Waals surface area contributed by atoms with Gasteiger partial charge in [-0.25, -0.2) is 4.98 Å². The highest BCUT2D eigenvalue weighted by Crippen LogP contribution is 2.24. The molecule has 5 heteroatoms. The van der Waals surface area contributed by atoms with Crippen molar-refractivity contribution in [2.45, 2.75) is 32.7 Å². The van der Waals surface area contributed by atoms with Crippen molar-refractivity contribution in [1.29, 1.82) is 0 Å². The Morgan fingerprint density at radius 3 is 2.33 bits per heavy atom. The van der Waals surface area contributed by atoms with Gasteiger partial charge in [0, 0.05) is 43.2 Å². The van der Waals surface area contributed by atoms with Gasteiger partial charge < -0.3 is 10.2 Å². The van der Waals surface area contributed by atoms with Crippen molar-refractivity contribution in [2.24, 2.45) is 0 Å². The first-order valence-corrected chi connectivity index (χ1v) is 9.23. The van der Waals surface area contributed by atoms with Gasteiger partial charge >= 0.3 is 0 Å². The third kappa shape index (κ3) is 5.51. The van der Waals surface area contributed by atoms with Crippen LogP contribution in [0.2, 0.25) is 0 Å². The molecule has 0 atom stereocenters. The molecule has 1 aromatic carbocycles. The summed E-state index contributed by atoms with van der Waals surface area (Å²) in [7, 11) is 2.03. The van der Waals surface area contributed by atoms with Crippen LogP contribution in [0.4, 0.5) is 11.8 Å². The molecule has 0 aliphatic rings. The van der Waals surface area contributed by atoms with E-state index in [0.717, 1.165) is 36.0 Å². The average molecular weight is 361 g/mol. The van der Waals surface area contributed by atoms with E-state index in [1.165, 1.54) is 5.56 Å². The molecule has 0 aliphatic heterocycles. The van der Waals surface area contributed by atoms with Gasteiger partial charge in [-0.2, -0.15) is 4.98 Å². The molecule has 0 radical (unpaired) electrons. The lowest BCUT2D eigenvalue weighted by atomic mass is 10.1. The molecule has 0 amide bonds. The number of nitrogens with one attached hydrogen (secondary N) is 1. The molecule has 3 aromatic rings. The molecule has 27 heavy (non-hydrogen) atoms. The molecule has 0 unspecified atom stereocenters. The van der Waals surface area contributed by atoms with Crippen LogP contribution in [0.1, 0.15) is 26.3 Å². The molecule has 0 aliphatic carbocycles. The number of anilines is 2. The zero-order chi connectivity index (χ0) is 19.3. The second-order valence-corrected chi connectivity index (χ2v) is 7.71. The van der Waals surface area contributed by atoms with E-state index in [-0.39, 0.29) is 5.54 Å². The fraction of sp³-hybridized carbons (Fsp3) is 0.318. The third-order valence-corrected chi connectivity index (χ3v) is 4.11. The molecule has 1 N–H and O–H groups in total. The second-order valence-electron chi connectivity index (χ2n) is 7.71. The lowest BCUT2D eigenvalue weighted by Crippen LogP contribution is -2.28. The first-order valence-electron chi connectivity index (χ1n) is 9.23. The van der Waals surface area contributed by atoms with Crippen LogP contribution in [0.25, 0.3) is 11.3 Å². The van der Waals surface area contributed by atoms with Crippen LogP contribution in [-0.4, -0.2) is 34.1 Å². The molecule has 5 nitrogen and oxygen atoms in total. The number of hydrogen-bond acceptors (Lipinski definition) is 5. The van der Waals surface area contributed by atoms with E-state index in [9.17, 15) is 0 Å². The molecular weight excluding hydrogens is 334 g/mol. The summed E-state index contributed by atoms with van der Waals surface area (Å²) in [5, 5.41) is 3.47. The van der Waals surface area contributed by atoms with E-state index >= 15 is 0 Å². The summed E-state index contributed by atoms with van der Waals surface area (Å²) in [6.45, 7) is 7.22. The Morgan fingerprint density at radius 1 is 0.963 bits per heavy atom. The van der Waals surface area contributed by atoms with Crippen LogP contribution >= 0.6 is 0 Å². The molecule has 2 aromatic heterocycles. The van der Waals surface area contributed by atoms with E-state index in [1.54, 1.807) is 0 Å². The van der Waals surface area contributed by atoms with Crippen LogP contribution in [0.3, 0.4) is 0 Å². The number of rotatable bonds is 6. The minimum Gasteiger partial charge on any atom is -0.365 e. The largest absolute Gasteiger partial charge is 0.365 e. The van der Waals surface area contributed by atoms with Crippen molar-refractivity contribution < 1.29 is 0 Å². The standard InChI is InChI=1S/C22H27N5/c1-22(2,3)26-20-16-19(18-8-6-5-7-9-18)24-21(25-20)27(4)15-12-17-10-13-23-14-11-17/h5-11,13-14,16H,12,15H2,1-4H3,(H,24,25,26). The Labute approximate surface area is 161 Å². The molecule has 0 bridgehead atoms. The number of hydrogen-bond donors (Lipinski definition) is 1. The quantitative estimate of drug-likeness (QED) is 0.704. The Hall–Kier alpha value is -2.95. The lowest BCUT2D eigenvalue weighted by molar-refractivity contribution is 0.630. The second kappa shape index (κ2) is 8.16. The molecule has 140 valence electrons. The summed E-state index contributed by atoms with van der Waals surface area (Å²) in [6, 6.07) is 16.3. The molecule has 0 saturated heterocycles. The van der Waals surface area contributed by atoms with Crippen molar-refractivity contribution >= 4 is 11.8 Å². The summed E-state index contributed by atoms with van der Waals surface area (Å²) in [4.78, 5) is 15.7. The topological polar surface area (TPSA) is 53.9 Å². The average Bonchev–Trinajstić information content (AvgIpc) is 2.66. The number of pyridine rings is 1. The van der Waals surface area contributed by atoms with Crippen LogP contribution in [0.5, 0.6) is 0 Å². The first kappa shape index (κ1) is 18.8. The van der Waals surface area contributed by atoms with Gasteiger partial charge in [0.2, 0.25) is 5.95 Å². The van der Waals surface area contributed by atoms with Gasteiger partial charge in [-0.05, 0) is 44.9 Å². The summed E-state index contributed by atoms with van der Waals surface area (Å²) >= 11 is 0. The van der Waals surface area contributed by atoms with Gasteiger partial charge in [0.05, 0.1) is 5.69 Å². The van der Waals surface area contributed by atoms with E-state index in [4.69, 9.17) is 9.97 Å². The fourth-order valence-corrected chi connectivity index (χ4v) is 2.76. The minimum absolute atomic E-state index is 0.0742. The Bertz CT molecular complexity index is 857. The molecular formula is C22H27N5. The maximum atomic E-state index is 4.81. The maximum Gasteiger partial charge on any atom is 0.227 e. The highest BCUT2D eigenvalue weighted by molar-refractivity contribution is 5.64. The maximum absolute atomic E-state index is 4.81. The molecule has 0 saturated carbocycles. The molecule has 3 rings (SSSR count). The summed E-state index contributed by atoms with van der Waals surface area (Å²) < 4.78 is 0. The summed E-state index contributed by atoms with van der Waals surface area (Å²) in [5.41, 5.74) is 3.18. The van der Waals surface area contributed by atoms with Crippen LogP contribution < -0.4 is 10.2 Å². The lowest BCUT2D eigenvalue weighted by Gasteiger charge is -2.24. The van der Waals surface area contributed by atoms with Crippen molar-refractivity contribution in [1.82, 2.24) is 15.0 Å². The third-order valence-electron chi connectivity index (χ3n) is 4.11. The number of aromatic nitrogens is 3. The van der Waals surface area contributed by atoms with Gasteiger partial charge in [-0.3, -0.25) is 4.98 Å². The van der Waals surface area contributed by atoms with E-state index in [2.05, 4.69) is 48.1 Å². The van der Waals surface area contributed by atoms with Gasteiger partial charge in [-0.1, -0.05) is 30.3 Å². The molecule has 2 heterocycles. The normalized spacial score (nSPS) is 11.3. The zero-order valence-corrected chi connectivity index (χ0v) is 16.5. The minimum atomic E-state index is -0.0742. The van der Waals surface area contributed by atoms with Crippen molar-refractivity contribution in [3.63, 3.8) is 0 Å². The smallest absolute Gasteiger partial charge is 0.227 e. The molecule has 0 spiro atoms. The first-order chi connectivity index (χ1) is 12.9. The predicted octanol–water partition coefficient (Wildman–Crippen LogP) is 4.43. The monoisotopic (exact) mass is 361 g/mol. The van der Waals surface area contributed by atoms with Crippen molar-refractivity contribution in [3.05, 3.63) is 66.5 Å². The Kier molecular flexibility index (Phi) is 5.69. The Balaban J connectivity index is 1.87. The van der Waals surface area contributed by atoms with Gasteiger partial charge in [0.15, 0.2) is 0 Å². The van der Waals surface area contributed by atoms with Gasteiger partial charge in [0.1, 0.15) is 5.82 Å². The molecule has 0 fully saturated rings. The SMILES string of the molecule is CN(CCc1ccncc1)c1nc(NC(C)(C)C)cc(-c2ccccc2)n1. The Morgan fingerprint density at radius 2 is 1.67 bits per heavy atom. The van der Waals surface area contributed by atoms with E-state index in [0.29, 0.717) is 0 Å². The summed E-state index contributed by atoms with van der Waals surface area (Å²) in [6.07, 6.45) is 4.57. The van der Waals surface area contributed by atoms with Crippen molar-refractivity contribution in [2.75, 3.05) is 23.8 Å². The van der Waals surface area contributed by atoms with Crippen LogP contribution in [-0.2, 0) is 6.42 Å². The highest BCUT2D eigenvalue weighted by Gasteiger charge is 2.15. The summed E-state index contributed by atoms with van der Waals surface area (Å²) in [5.74, 6) is 1.55. The number of nitrogens with zero attached hydrogens (tertiary/aromatic N) is 4. The van der Waals surface area contributed by atoms with Gasteiger partial charge in [-0.15, -0.1) is 0 Å². The predicted molar refractivity (Wildman–Crippen MR) is 112 cm³/mol. The highest BCUT2D eigenvalue weighted by atomic mass is 15.2. The van der Waals surface area contributed by atoms with E-state index in [1.807, 2.05) is 55.8 Å². The fourth-order valence-electron chi connectivity index (χ4n) is 2.76.